The Morgan fingerprint density at radius 2 is 0.941 bits per heavy atom. The summed E-state index contributed by atoms with van der Waals surface area (Å²) in [5.41, 5.74) is 0. The van der Waals surface area contributed by atoms with E-state index in [1.165, 1.54) is 19.3 Å². The summed E-state index contributed by atoms with van der Waals surface area (Å²) in [7, 11) is 6.45. The van der Waals surface area contributed by atoms with Gasteiger partial charge in [0.25, 0.3) is 0 Å². The summed E-state index contributed by atoms with van der Waals surface area (Å²) < 4.78 is 9.06. The molecule has 0 fully saturated rings. The predicted molar refractivity (Wildman–Crippen MR) is 68.4 cm³/mol. The molecule has 100 valence electrons. The van der Waals surface area contributed by atoms with Crippen LogP contribution in [0, 0.1) is 14.2 Å². The van der Waals surface area contributed by atoms with Crippen molar-refractivity contribution in [1.82, 2.24) is 0 Å². The molecule has 2 nitrogen and oxygen atoms in total. The van der Waals surface area contributed by atoms with Crippen molar-refractivity contribution in [3.63, 3.8) is 0 Å². The molecular formula is C13H30O2Rf2-2. The van der Waals surface area contributed by atoms with Crippen molar-refractivity contribution < 1.29 is 9.47 Å². The van der Waals surface area contributed by atoms with Gasteiger partial charge in [-0.2, -0.15) is 0 Å². The van der Waals surface area contributed by atoms with Gasteiger partial charge in [0, 0.05) is 13.2 Å². The standard InChI is InChI=1S/2C5H11O.C3H8.2Rf/c2*1-3-4-5-6-2;1-3-2;;/h2*2-5H2,1H3;3H2,1-2H3;;/q2*-1;;;. The molecule has 0 aromatic rings. The zero-order chi connectivity index (χ0) is 12.4. The number of rotatable bonds is 6. The van der Waals surface area contributed by atoms with Crippen LogP contribution >= 0.6 is 0 Å². The Balaban J connectivity index is -0.0000000421. The van der Waals surface area contributed by atoms with Gasteiger partial charge in [0.15, 0.2) is 0 Å². The fraction of sp³-hybridized carbons (Fsp3) is 0.846. The SMILES string of the molecule is CCC.[CH2-]OCCCC.[CH2-]OCCCC.[Rf].[Rf]. The van der Waals surface area contributed by atoms with E-state index in [9.17, 15) is 0 Å². The van der Waals surface area contributed by atoms with E-state index in [4.69, 9.17) is 0 Å². The third-order valence-corrected chi connectivity index (χ3v) is 1.28. The Morgan fingerprint density at radius 3 is 1.00 bits per heavy atom. The molecule has 0 aliphatic rings. The van der Waals surface area contributed by atoms with Gasteiger partial charge in [-0.3, -0.25) is 0 Å². The van der Waals surface area contributed by atoms with Gasteiger partial charge in [0.1, 0.15) is 0 Å². The Hall–Kier alpha value is -2.08. The van der Waals surface area contributed by atoms with Crippen LogP contribution in [-0.2, 0) is 9.47 Å². The molecule has 0 bridgehead atoms. The first-order valence-electron chi connectivity index (χ1n) is 5.98. The molecule has 0 radical (unpaired) electrons. The fourth-order valence-corrected chi connectivity index (χ4v) is 0.493. The molecule has 0 saturated heterocycles. The molecule has 0 amide bonds. The van der Waals surface area contributed by atoms with Gasteiger partial charge in [-0.05, 0) is 12.8 Å². The Labute approximate surface area is 97.4 Å². The summed E-state index contributed by atoms with van der Waals surface area (Å²) in [5.74, 6) is 0. The zero-order valence-corrected chi connectivity index (χ0v) is 25.4. The summed E-state index contributed by atoms with van der Waals surface area (Å²) in [6.45, 7) is 10.1. The molecule has 0 saturated carbocycles. The van der Waals surface area contributed by atoms with Gasteiger partial charge in [0.05, 0.1) is 0 Å². The smallest absolute Gasteiger partial charge is 0.0110 e. The molecule has 0 aliphatic carbocycles. The van der Waals surface area contributed by atoms with Crippen molar-refractivity contribution in [1.29, 1.82) is 0 Å². The van der Waals surface area contributed by atoms with Crippen LogP contribution in [0.5, 0.6) is 0 Å². The van der Waals surface area contributed by atoms with Crippen LogP contribution in [0.1, 0.15) is 59.8 Å². The van der Waals surface area contributed by atoms with Gasteiger partial charge < -0.3 is 9.47 Å². The van der Waals surface area contributed by atoms with Crippen molar-refractivity contribution in [2.24, 2.45) is 0 Å². The first-order valence-corrected chi connectivity index (χ1v) is 5.98. The van der Waals surface area contributed by atoms with Crippen LogP contribution in [0.15, 0.2) is 0 Å². The molecule has 0 aromatic heterocycles. The van der Waals surface area contributed by atoms with Gasteiger partial charge in [0.2, 0.25) is 0 Å². The minimum absolute atomic E-state index is 0. The number of hydrogen-bond donors (Lipinski definition) is 0. The molecule has 17 heavy (non-hydrogen) atoms. The van der Waals surface area contributed by atoms with Crippen molar-refractivity contribution in [3.8, 4) is 0 Å². The summed E-state index contributed by atoms with van der Waals surface area (Å²) in [5, 5.41) is 0. The van der Waals surface area contributed by atoms with Gasteiger partial charge >= 0.3 is 0 Å². The minimum atomic E-state index is 0. The van der Waals surface area contributed by atoms with E-state index < -0.39 is 0 Å². The topological polar surface area (TPSA) is 18.5 Å². The van der Waals surface area contributed by atoms with Gasteiger partial charge in [-0.15, -0.1) is 0 Å². The normalized spacial score (nSPS) is 7.41. The summed E-state index contributed by atoms with van der Waals surface area (Å²) in [6, 6.07) is 0. The van der Waals surface area contributed by atoms with Gasteiger partial charge in [-0.25, -0.2) is 14.2 Å². The Kier molecular flexibility index (Phi) is 83.9. The number of ether oxygens (including phenoxy) is 2. The van der Waals surface area contributed by atoms with Crippen molar-refractivity contribution in [3.05, 3.63) is 14.2 Å². The van der Waals surface area contributed by atoms with Crippen molar-refractivity contribution >= 4 is 0 Å². The van der Waals surface area contributed by atoms with E-state index in [1.807, 2.05) is 0 Å². The average Bonchev–Trinajstić information content (AvgIpc) is 2.25. The van der Waals surface area contributed by atoms with Crippen LogP contribution in [0.4, 0.5) is 0 Å². The summed E-state index contributed by atoms with van der Waals surface area (Å²) in [4.78, 5) is 0. The van der Waals surface area contributed by atoms with E-state index in [2.05, 4.69) is 51.4 Å². The molecule has 0 rings (SSSR count). The molecule has 0 heterocycles. The third-order valence-electron chi connectivity index (χ3n) is 1.28. The molecule has 0 unspecified atom stereocenters. The van der Waals surface area contributed by atoms with Crippen LogP contribution in [0.25, 0.3) is 0 Å². The summed E-state index contributed by atoms with van der Waals surface area (Å²) >= 11 is 0. The monoisotopic (exact) mass is 752 g/mol. The number of unbranched alkanes of at least 4 members (excludes halogenated alkanes) is 2. The van der Waals surface area contributed by atoms with E-state index in [1.54, 1.807) is 0 Å². The number of hydrogen-bond acceptors (Lipinski definition) is 2. The van der Waals surface area contributed by atoms with Crippen LogP contribution < -0.4 is 0 Å². The quantitative estimate of drug-likeness (QED) is 0.292. The molecule has 0 aromatic carbocycles. The summed E-state index contributed by atoms with van der Waals surface area (Å²) in [6.07, 6.45) is 5.89. The molecular weight excluding hydrogens is 722 g/mol. The Morgan fingerprint density at radius 1 is 0.706 bits per heavy atom. The second-order valence-corrected chi connectivity index (χ2v) is 3.23. The van der Waals surface area contributed by atoms with Crippen molar-refractivity contribution in [2.75, 3.05) is 13.2 Å². The maximum atomic E-state index is 4.53. The Bertz CT molecular complexity index is 58.4. The van der Waals surface area contributed by atoms with E-state index >= 15 is 0 Å². The first-order chi connectivity index (χ1) is 7.24. The molecule has 0 aliphatic heterocycles. The van der Waals surface area contributed by atoms with Crippen molar-refractivity contribution in [2.45, 2.75) is 59.8 Å². The van der Waals surface area contributed by atoms with Crippen LogP contribution in [0.2, 0.25) is 0 Å². The van der Waals surface area contributed by atoms with E-state index in [-0.39, 0.29) is 0 Å². The fourth-order valence-electron chi connectivity index (χ4n) is 0.493. The molecule has 0 spiro atoms. The third kappa shape index (κ3) is 129. The van der Waals surface area contributed by atoms with Crippen LogP contribution in [0.3, 0.4) is 0 Å². The van der Waals surface area contributed by atoms with E-state index in [0.29, 0.717) is 0 Å². The maximum absolute atomic E-state index is 4.53. The maximum Gasteiger partial charge on any atom is 0.0110 e. The predicted octanol–water partition coefficient (Wildman–Crippen LogP) is 4.61. The largest absolute Gasteiger partial charge is 0.555 e. The second kappa shape index (κ2) is 48.5. The first kappa shape index (κ1) is 29.4. The van der Waals surface area contributed by atoms with Gasteiger partial charge in [-0.1, -0.05) is 47.0 Å². The zero-order valence-electron chi connectivity index (χ0n) is 12.6. The van der Waals surface area contributed by atoms with Crippen LogP contribution in [-0.4, -0.2) is 13.2 Å². The molecule has 0 atom stereocenters. The average molecular weight is 752 g/mol. The molecule has 4 heteroatoms. The molecule has 0 N–H and O–H groups in total. The second-order valence-electron chi connectivity index (χ2n) is 3.23. The van der Waals surface area contributed by atoms with E-state index in [0.717, 1.165) is 26.1 Å². The minimum Gasteiger partial charge on any atom is -0.555 e.